The van der Waals surface area contributed by atoms with E-state index in [0.29, 0.717) is 31.9 Å². The van der Waals surface area contributed by atoms with Gasteiger partial charge in [0.2, 0.25) is 0 Å². The summed E-state index contributed by atoms with van der Waals surface area (Å²) in [6.45, 7) is 1.66. The molecule has 0 spiro atoms. The number of aliphatic hydroxyl groups is 1. The molecule has 0 bridgehead atoms. The third kappa shape index (κ3) is 5.87. The molecule has 3 rings (SSSR count). The van der Waals surface area contributed by atoms with Crippen molar-refractivity contribution in [3.63, 3.8) is 0 Å². The van der Waals surface area contributed by atoms with Gasteiger partial charge in [0, 0.05) is 13.1 Å². The van der Waals surface area contributed by atoms with Crippen molar-refractivity contribution in [1.29, 1.82) is 0 Å². The van der Waals surface area contributed by atoms with Gasteiger partial charge in [0.1, 0.15) is 18.1 Å². The summed E-state index contributed by atoms with van der Waals surface area (Å²) in [6.07, 6.45) is -4.50. The van der Waals surface area contributed by atoms with E-state index in [1.165, 1.54) is 12.1 Å². The molecule has 0 aromatic heterocycles. The van der Waals surface area contributed by atoms with E-state index in [0.717, 1.165) is 17.7 Å². The number of hydrogen-bond donors (Lipinski definition) is 1. The molecule has 0 aliphatic carbocycles. The van der Waals surface area contributed by atoms with Gasteiger partial charge in [-0.2, -0.15) is 0 Å². The second-order valence-electron chi connectivity index (χ2n) is 6.93. The highest BCUT2D eigenvalue weighted by molar-refractivity contribution is 7.92. The van der Waals surface area contributed by atoms with Crippen LogP contribution in [-0.4, -0.2) is 56.3 Å². The van der Waals surface area contributed by atoms with Crippen LogP contribution in [0.1, 0.15) is 12.0 Å². The molecule has 1 N–H and O–H groups in total. The van der Waals surface area contributed by atoms with E-state index < -0.39 is 27.2 Å². The number of ether oxygens (including phenoxy) is 2. The molecule has 1 heterocycles. The summed E-state index contributed by atoms with van der Waals surface area (Å²) < 4.78 is 72.3. The van der Waals surface area contributed by atoms with Gasteiger partial charge in [-0.25, -0.2) is 8.42 Å². The van der Waals surface area contributed by atoms with Crippen molar-refractivity contribution in [3.8, 4) is 11.5 Å². The van der Waals surface area contributed by atoms with Crippen molar-refractivity contribution < 1.29 is 36.2 Å². The van der Waals surface area contributed by atoms with E-state index in [-0.39, 0.29) is 18.0 Å². The molecule has 2 aromatic carbocycles. The van der Waals surface area contributed by atoms with Gasteiger partial charge in [0.15, 0.2) is 9.84 Å². The van der Waals surface area contributed by atoms with Crippen molar-refractivity contribution in [1.82, 2.24) is 4.90 Å². The maximum Gasteiger partial charge on any atom is 0.573 e. The largest absolute Gasteiger partial charge is 0.573 e. The number of aliphatic hydroxyl groups excluding tert-OH is 1. The quantitative estimate of drug-likeness (QED) is 0.673. The van der Waals surface area contributed by atoms with Crippen molar-refractivity contribution in [2.45, 2.75) is 29.5 Å². The first-order valence-corrected chi connectivity index (χ1v) is 10.9. The van der Waals surface area contributed by atoms with E-state index in [1.807, 2.05) is 4.90 Å². The van der Waals surface area contributed by atoms with Crippen LogP contribution in [0.4, 0.5) is 13.2 Å². The second kappa shape index (κ2) is 9.23. The molecule has 0 radical (unpaired) electrons. The molecule has 2 aromatic rings. The highest BCUT2D eigenvalue weighted by Gasteiger charge is 2.35. The molecule has 30 heavy (non-hydrogen) atoms. The van der Waals surface area contributed by atoms with Gasteiger partial charge in [0.05, 0.1) is 16.8 Å². The second-order valence-corrected chi connectivity index (χ2v) is 9.16. The van der Waals surface area contributed by atoms with Gasteiger partial charge in [-0.15, -0.1) is 13.2 Å². The summed E-state index contributed by atoms with van der Waals surface area (Å²) in [5, 5.41) is 8.33. The Bertz CT molecular complexity index is 948. The first-order valence-electron chi connectivity index (χ1n) is 9.32. The van der Waals surface area contributed by atoms with E-state index >= 15 is 0 Å². The Morgan fingerprint density at radius 1 is 1.10 bits per heavy atom. The van der Waals surface area contributed by atoms with E-state index in [4.69, 9.17) is 9.84 Å². The first kappa shape index (κ1) is 22.4. The minimum atomic E-state index is -4.88. The first-order chi connectivity index (χ1) is 14.2. The zero-order valence-electron chi connectivity index (χ0n) is 16.0. The molecular formula is C20H22F3NO5S. The summed E-state index contributed by atoms with van der Waals surface area (Å²) in [5.74, 6) is 0.0936. The van der Waals surface area contributed by atoms with E-state index in [2.05, 4.69) is 4.74 Å². The number of sulfone groups is 1. The van der Waals surface area contributed by atoms with E-state index in [1.54, 1.807) is 24.3 Å². The van der Waals surface area contributed by atoms with Crippen molar-refractivity contribution in [2.75, 3.05) is 26.2 Å². The molecule has 6 nitrogen and oxygen atoms in total. The number of alkyl halides is 3. The summed E-state index contributed by atoms with van der Waals surface area (Å²) in [4.78, 5) is 1.76. The van der Waals surface area contributed by atoms with Gasteiger partial charge < -0.3 is 14.6 Å². The minimum absolute atomic E-state index is 0.0465. The molecule has 1 atom stereocenters. The summed E-state index contributed by atoms with van der Waals surface area (Å²) in [6, 6.07) is 11.5. The van der Waals surface area contributed by atoms with Crippen LogP contribution in [0.2, 0.25) is 0 Å². The zero-order valence-corrected chi connectivity index (χ0v) is 16.8. The Morgan fingerprint density at radius 3 is 2.50 bits per heavy atom. The Kier molecular flexibility index (Phi) is 6.89. The highest BCUT2D eigenvalue weighted by atomic mass is 32.2. The summed E-state index contributed by atoms with van der Waals surface area (Å²) in [5.41, 5.74) is 0.777. The Morgan fingerprint density at radius 2 is 1.83 bits per heavy atom. The minimum Gasteiger partial charge on any atom is -0.492 e. The fourth-order valence-corrected chi connectivity index (χ4v) is 5.03. The number of hydrogen-bond acceptors (Lipinski definition) is 6. The van der Waals surface area contributed by atoms with Crippen LogP contribution in [0.25, 0.3) is 0 Å². The summed E-state index contributed by atoms with van der Waals surface area (Å²) >= 11 is 0. The number of likely N-dealkylation sites (tertiary alicyclic amines) is 1. The zero-order chi connectivity index (χ0) is 21.8. The predicted molar refractivity (Wildman–Crippen MR) is 103 cm³/mol. The van der Waals surface area contributed by atoms with Crippen molar-refractivity contribution in [3.05, 3.63) is 54.1 Å². The van der Waals surface area contributed by atoms with Crippen LogP contribution < -0.4 is 9.47 Å². The van der Waals surface area contributed by atoms with Gasteiger partial charge in [-0.05, 0) is 48.9 Å². The maximum atomic E-state index is 12.8. The molecule has 0 amide bonds. The van der Waals surface area contributed by atoms with Gasteiger partial charge in [-0.3, -0.25) is 4.90 Å². The lowest BCUT2D eigenvalue weighted by molar-refractivity contribution is -0.274. The van der Waals surface area contributed by atoms with Crippen molar-refractivity contribution in [2.24, 2.45) is 0 Å². The Balaban J connectivity index is 1.55. The Hall–Kier alpha value is -2.30. The third-order valence-corrected chi connectivity index (χ3v) is 6.99. The average Bonchev–Trinajstić information content (AvgIpc) is 3.17. The fraction of sp³-hybridized carbons (Fsp3) is 0.400. The maximum absolute atomic E-state index is 12.8. The lowest BCUT2D eigenvalue weighted by Crippen LogP contribution is -2.30. The van der Waals surface area contributed by atoms with Gasteiger partial charge in [0.25, 0.3) is 0 Å². The monoisotopic (exact) mass is 445 g/mol. The van der Waals surface area contributed by atoms with Crippen LogP contribution in [0.15, 0.2) is 53.4 Å². The normalized spacial score (nSPS) is 17.8. The topological polar surface area (TPSA) is 76.1 Å². The summed E-state index contributed by atoms with van der Waals surface area (Å²) in [7, 11) is -3.79. The molecular weight excluding hydrogens is 423 g/mol. The van der Waals surface area contributed by atoms with Gasteiger partial charge in [-0.1, -0.05) is 18.2 Å². The predicted octanol–water partition coefficient (Wildman–Crippen LogP) is 3.00. The number of halogens is 3. The molecule has 1 aliphatic rings. The Labute approximate surface area is 172 Å². The standard InChI is InChI=1S/C20H22F3NO5S/c21-20(22,23)29-17-2-1-3-18(12-17)30(26,27)19-8-9-24(13-19)10-11-28-16-6-4-15(14-25)5-7-16/h1-7,12,19,25H,8-11,13-14H2. The lowest BCUT2D eigenvalue weighted by Gasteiger charge is -2.17. The SMILES string of the molecule is O=S(=O)(c1cccc(OC(F)(F)F)c1)C1CCN(CCOc2ccc(CO)cc2)C1. The van der Waals surface area contributed by atoms with Crippen LogP contribution in [0.3, 0.4) is 0 Å². The number of rotatable bonds is 8. The highest BCUT2D eigenvalue weighted by Crippen LogP contribution is 2.29. The molecule has 10 heteroatoms. The third-order valence-electron chi connectivity index (χ3n) is 4.82. The number of benzene rings is 2. The number of nitrogens with zero attached hydrogens (tertiary/aromatic N) is 1. The molecule has 0 saturated carbocycles. The fourth-order valence-electron chi connectivity index (χ4n) is 3.28. The lowest BCUT2D eigenvalue weighted by atomic mass is 10.2. The van der Waals surface area contributed by atoms with E-state index in [9.17, 15) is 21.6 Å². The smallest absolute Gasteiger partial charge is 0.492 e. The van der Waals surface area contributed by atoms with Crippen LogP contribution in [0, 0.1) is 0 Å². The molecule has 1 fully saturated rings. The van der Waals surface area contributed by atoms with Gasteiger partial charge >= 0.3 is 6.36 Å². The molecule has 164 valence electrons. The van der Waals surface area contributed by atoms with Crippen LogP contribution >= 0.6 is 0 Å². The van der Waals surface area contributed by atoms with Crippen molar-refractivity contribution >= 4 is 9.84 Å². The molecule has 1 unspecified atom stereocenters. The van der Waals surface area contributed by atoms with Crippen LogP contribution in [-0.2, 0) is 16.4 Å². The average molecular weight is 445 g/mol. The molecule has 1 aliphatic heterocycles. The van der Waals surface area contributed by atoms with Crippen LogP contribution in [0.5, 0.6) is 11.5 Å². The molecule has 1 saturated heterocycles.